The second kappa shape index (κ2) is 9.29. The fourth-order valence-corrected chi connectivity index (χ4v) is 7.71. The first-order valence-corrected chi connectivity index (χ1v) is 14.7. The maximum Gasteiger partial charge on any atom is 0.297 e. The van der Waals surface area contributed by atoms with Gasteiger partial charge >= 0.3 is 0 Å². The van der Waals surface area contributed by atoms with Gasteiger partial charge in [-0.2, -0.15) is 0 Å². The molecule has 0 aliphatic carbocycles. The van der Waals surface area contributed by atoms with E-state index >= 15 is 0 Å². The van der Waals surface area contributed by atoms with Crippen LogP contribution in [0.5, 0.6) is 0 Å². The van der Waals surface area contributed by atoms with Crippen molar-refractivity contribution in [3.63, 3.8) is 0 Å². The van der Waals surface area contributed by atoms with Crippen LogP contribution in [0.25, 0.3) is 11.0 Å². The molecule has 198 valence electrons. The van der Waals surface area contributed by atoms with E-state index in [1.807, 2.05) is 43.3 Å². The molecule has 0 bridgehead atoms. The molecule has 0 saturated carbocycles. The molecule has 4 heterocycles. The van der Waals surface area contributed by atoms with E-state index in [2.05, 4.69) is 10.2 Å². The maximum atomic E-state index is 14.4. The Morgan fingerprint density at radius 2 is 1.73 bits per heavy atom. The van der Waals surface area contributed by atoms with Crippen molar-refractivity contribution in [2.75, 3.05) is 16.3 Å². The highest BCUT2D eigenvalue weighted by Gasteiger charge is 2.66. The van der Waals surface area contributed by atoms with Gasteiger partial charge in [-0.05, 0) is 36.8 Å². The van der Waals surface area contributed by atoms with Crippen LogP contribution in [0, 0.1) is 0 Å². The van der Waals surface area contributed by atoms with Crippen LogP contribution in [0.3, 0.4) is 0 Å². The largest absolute Gasteiger partial charge is 0.450 e. The van der Waals surface area contributed by atoms with E-state index in [0.29, 0.717) is 38.3 Å². The number of thioether (sulfide) groups is 1. The second-order valence-corrected chi connectivity index (χ2v) is 11.9. The number of carbonyl (C=O) groups excluding carboxylic acids is 2. The van der Waals surface area contributed by atoms with Gasteiger partial charge in [0.25, 0.3) is 11.8 Å². The van der Waals surface area contributed by atoms with Crippen molar-refractivity contribution < 1.29 is 14.0 Å². The molecule has 0 radical (unpaired) electrons. The van der Waals surface area contributed by atoms with Gasteiger partial charge < -0.3 is 9.32 Å². The van der Waals surface area contributed by atoms with Crippen LogP contribution in [0.1, 0.15) is 34.2 Å². The number of rotatable bonds is 5. The number of likely N-dealkylation sites (N-methyl/N-ethyl adjacent to an activating group) is 1. The second-order valence-electron chi connectivity index (χ2n) is 9.28. The van der Waals surface area contributed by atoms with Crippen LogP contribution >= 0.6 is 34.7 Å². The van der Waals surface area contributed by atoms with Gasteiger partial charge in [-0.15, -0.1) is 10.2 Å². The Hall–Kier alpha value is -3.99. The standard InChI is InChI=1S/C29H19ClN4O4S2/c1-2-33-20-13-7-5-11-18(20)29(26(33)37)22-23(35)17-10-4-8-14-21(17)38-24(22)25(36)34(29)27-31-32-28(40-27)39-15-16-9-3-6-12-19(16)30/h3-14H,2,15H2,1H3. The average Bonchev–Trinajstić information content (AvgIpc) is 3.61. The molecule has 1 atom stereocenters. The number of amides is 2. The molecule has 5 aromatic rings. The number of halogens is 1. The molecule has 7 rings (SSSR count). The molecule has 8 nitrogen and oxygen atoms in total. The van der Waals surface area contributed by atoms with Crippen molar-refractivity contribution in [2.24, 2.45) is 0 Å². The van der Waals surface area contributed by atoms with Crippen molar-refractivity contribution in [2.45, 2.75) is 22.6 Å². The number of benzene rings is 3. The number of hydrogen-bond donors (Lipinski definition) is 0. The Kier molecular flexibility index (Phi) is 5.81. The zero-order valence-corrected chi connectivity index (χ0v) is 23.3. The zero-order valence-electron chi connectivity index (χ0n) is 21.0. The van der Waals surface area contributed by atoms with Gasteiger partial charge in [-0.3, -0.25) is 19.3 Å². The third kappa shape index (κ3) is 3.36. The number of fused-ring (bicyclic) bond motifs is 5. The van der Waals surface area contributed by atoms with Gasteiger partial charge in [0.2, 0.25) is 10.9 Å². The summed E-state index contributed by atoms with van der Waals surface area (Å²) in [6, 6.07) is 21.5. The molecule has 40 heavy (non-hydrogen) atoms. The Bertz CT molecular complexity index is 1920. The van der Waals surface area contributed by atoms with Crippen molar-refractivity contribution in [3.8, 4) is 0 Å². The van der Waals surface area contributed by atoms with Crippen LogP contribution in [0.15, 0.2) is 86.3 Å². The lowest BCUT2D eigenvalue weighted by Gasteiger charge is -2.31. The van der Waals surface area contributed by atoms with Gasteiger partial charge in [-0.1, -0.05) is 83.2 Å². The van der Waals surface area contributed by atoms with Gasteiger partial charge in [0, 0.05) is 22.9 Å². The summed E-state index contributed by atoms with van der Waals surface area (Å²) in [5.41, 5.74) is 0.177. The molecule has 3 aromatic carbocycles. The third-order valence-electron chi connectivity index (χ3n) is 7.24. The normalized spacial score (nSPS) is 17.8. The number of anilines is 2. The monoisotopic (exact) mass is 586 g/mol. The van der Waals surface area contributed by atoms with E-state index in [1.54, 1.807) is 41.3 Å². The summed E-state index contributed by atoms with van der Waals surface area (Å²) >= 11 is 8.92. The molecular formula is C29H19ClN4O4S2. The van der Waals surface area contributed by atoms with Crippen molar-refractivity contribution in [1.82, 2.24) is 10.2 Å². The minimum atomic E-state index is -1.77. The van der Waals surface area contributed by atoms with E-state index < -0.39 is 22.8 Å². The quantitative estimate of drug-likeness (QED) is 0.188. The van der Waals surface area contributed by atoms with Gasteiger partial charge in [0.15, 0.2) is 15.3 Å². The van der Waals surface area contributed by atoms with E-state index in [4.69, 9.17) is 16.0 Å². The first-order chi connectivity index (χ1) is 19.5. The summed E-state index contributed by atoms with van der Waals surface area (Å²) in [4.78, 5) is 45.6. The lowest BCUT2D eigenvalue weighted by molar-refractivity contribution is -0.121. The lowest BCUT2D eigenvalue weighted by atomic mass is 9.84. The highest BCUT2D eigenvalue weighted by Crippen LogP contribution is 2.54. The van der Waals surface area contributed by atoms with E-state index in [0.717, 1.165) is 5.56 Å². The predicted molar refractivity (Wildman–Crippen MR) is 155 cm³/mol. The number of hydrogen-bond acceptors (Lipinski definition) is 8. The van der Waals surface area contributed by atoms with E-state index in [9.17, 15) is 14.4 Å². The molecule has 2 aromatic heterocycles. The first-order valence-electron chi connectivity index (χ1n) is 12.5. The fraction of sp³-hybridized carbons (Fsp3) is 0.138. The van der Waals surface area contributed by atoms with E-state index in [1.165, 1.54) is 28.0 Å². The molecule has 0 fully saturated rings. The summed E-state index contributed by atoms with van der Waals surface area (Å²) in [5.74, 6) is -0.640. The van der Waals surface area contributed by atoms with Gasteiger partial charge in [0.1, 0.15) is 5.58 Å². The molecule has 2 amide bonds. The Labute approximate surface area is 241 Å². The van der Waals surface area contributed by atoms with Gasteiger partial charge in [-0.25, -0.2) is 0 Å². The van der Waals surface area contributed by atoms with Crippen LogP contribution < -0.4 is 15.2 Å². The number of para-hydroxylation sites is 2. The maximum absolute atomic E-state index is 14.4. The van der Waals surface area contributed by atoms with Gasteiger partial charge in [0.05, 0.1) is 16.6 Å². The number of carbonyl (C=O) groups is 2. The minimum Gasteiger partial charge on any atom is -0.450 e. The first kappa shape index (κ1) is 25.0. The average molecular weight is 587 g/mol. The van der Waals surface area contributed by atoms with Crippen LogP contribution in [-0.2, 0) is 16.1 Å². The smallest absolute Gasteiger partial charge is 0.297 e. The molecule has 0 N–H and O–H groups in total. The fourth-order valence-electron chi connectivity index (χ4n) is 5.53. The number of aromatic nitrogens is 2. The highest BCUT2D eigenvalue weighted by molar-refractivity contribution is 8.00. The molecular weight excluding hydrogens is 568 g/mol. The minimum absolute atomic E-state index is 0.00469. The van der Waals surface area contributed by atoms with Crippen molar-refractivity contribution >= 4 is 68.3 Å². The summed E-state index contributed by atoms with van der Waals surface area (Å²) in [7, 11) is 0. The molecule has 11 heteroatoms. The van der Waals surface area contributed by atoms with Crippen LogP contribution in [0.2, 0.25) is 5.02 Å². The summed E-state index contributed by atoms with van der Waals surface area (Å²) in [5, 5.41) is 9.80. The zero-order chi connectivity index (χ0) is 27.6. The molecule has 0 saturated heterocycles. The van der Waals surface area contributed by atoms with Crippen molar-refractivity contribution in [1.29, 1.82) is 0 Å². The molecule has 1 unspecified atom stereocenters. The van der Waals surface area contributed by atoms with E-state index in [-0.39, 0.29) is 22.0 Å². The van der Waals surface area contributed by atoms with Crippen LogP contribution in [0.4, 0.5) is 10.8 Å². The number of nitrogens with zero attached hydrogens (tertiary/aromatic N) is 4. The topological polar surface area (TPSA) is 96.6 Å². The molecule has 2 aliphatic heterocycles. The Morgan fingerprint density at radius 3 is 2.55 bits per heavy atom. The van der Waals surface area contributed by atoms with Crippen molar-refractivity contribution in [3.05, 3.63) is 110 Å². The molecule has 2 aliphatic rings. The Balaban J connectivity index is 1.43. The molecule has 1 spiro atoms. The summed E-state index contributed by atoms with van der Waals surface area (Å²) in [6.07, 6.45) is 0. The summed E-state index contributed by atoms with van der Waals surface area (Å²) in [6.45, 7) is 2.20. The SMILES string of the molecule is CCN1C(=O)C2(c3ccccc31)c1c(oc3ccccc3c1=O)C(=O)N2c1nnc(SCc2ccccc2Cl)s1. The predicted octanol–water partition coefficient (Wildman–Crippen LogP) is 5.86. The Morgan fingerprint density at radius 1 is 0.975 bits per heavy atom. The van der Waals surface area contributed by atoms with Crippen LogP contribution in [-0.4, -0.2) is 28.6 Å². The highest BCUT2D eigenvalue weighted by atomic mass is 35.5. The summed E-state index contributed by atoms with van der Waals surface area (Å²) < 4.78 is 6.66. The third-order valence-corrected chi connectivity index (χ3v) is 9.70. The lowest BCUT2D eigenvalue weighted by Crippen LogP contribution is -2.53.